The lowest BCUT2D eigenvalue weighted by atomic mass is 9.92. The molecule has 1 aromatic heterocycles. The van der Waals surface area contributed by atoms with Crippen LogP contribution in [0.5, 0.6) is 5.75 Å². The van der Waals surface area contributed by atoms with E-state index in [1.165, 1.54) is 12.3 Å². The third-order valence-electron chi connectivity index (χ3n) is 2.05. The number of pyridine rings is 1. The Labute approximate surface area is 75.2 Å². The first kappa shape index (κ1) is 8.44. The van der Waals surface area contributed by atoms with Gasteiger partial charge in [-0.05, 0) is 0 Å². The first-order chi connectivity index (χ1) is 6.24. The minimum atomic E-state index is -0.405. The van der Waals surface area contributed by atoms with E-state index in [2.05, 4.69) is 4.98 Å². The summed E-state index contributed by atoms with van der Waals surface area (Å²) in [6, 6.07) is 1.29. The molecule has 0 aromatic carbocycles. The maximum atomic E-state index is 12.6. The highest BCUT2D eigenvalue weighted by molar-refractivity contribution is 5.17. The van der Waals surface area contributed by atoms with Crippen LogP contribution in [0, 0.1) is 5.82 Å². The zero-order valence-electron chi connectivity index (χ0n) is 6.98. The zero-order chi connectivity index (χ0) is 9.26. The van der Waals surface area contributed by atoms with E-state index >= 15 is 0 Å². The van der Waals surface area contributed by atoms with Crippen LogP contribution in [0.25, 0.3) is 0 Å². The van der Waals surface area contributed by atoms with E-state index in [9.17, 15) is 4.39 Å². The predicted molar refractivity (Wildman–Crippen MR) is 43.9 cm³/mol. The minimum Gasteiger partial charge on any atom is -0.489 e. The molecule has 1 aromatic rings. The molecule has 70 valence electrons. The Bertz CT molecular complexity index is 299. The van der Waals surface area contributed by atoms with Crippen molar-refractivity contribution in [1.29, 1.82) is 0 Å². The number of hydrogen-bond acceptors (Lipinski definition) is 3. The molecule has 0 saturated heterocycles. The molecule has 1 fully saturated rings. The van der Waals surface area contributed by atoms with Crippen molar-refractivity contribution in [3.05, 3.63) is 24.3 Å². The van der Waals surface area contributed by atoms with Gasteiger partial charge in [-0.1, -0.05) is 0 Å². The van der Waals surface area contributed by atoms with Crippen molar-refractivity contribution in [3.8, 4) is 5.75 Å². The molecule has 0 radical (unpaired) electrons. The van der Waals surface area contributed by atoms with Crippen LogP contribution in [0.1, 0.15) is 12.8 Å². The summed E-state index contributed by atoms with van der Waals surface area (Å²) in [5, 5.41) is 8.98. The first-order valence-corrected chi connectivity index (χ1v) is 4.19. The molecule has 13 heavy (non-hydrogen) atoms. The summed E-state index contributed by atoms with van der Waals surface area (Å²) in [4.78, 5) is 3.65. The third kappa shape index (κ3) is 1.95. The molecule has 3 nitrogen and oxygen atoms in total. The summed E-state index contributed by atoms with van der Waals surface area (Å²) in [6.07, 6.45) is 3.59. The van der Waals surface area contributed by atoms with Gasteiger partial charge in [0.25, 0.3) is 0 Å². The van der Waals surface area contributed by atoms with Crippen molar-refractivity contribution in [2.24, 2.45) is 0 Å². The first-order valence-electron chi connectivity index (χ1n) is 4.19. The quantitative estimate of drug-likeness (QED) is 0.747. The van der Waals surface area contributed by atoms with E-state index in [1.807, 2.05) is 0 Å². The SMILES string of the molecule is OC1CC(Oc2cncc(F)c2)C1. The summed E-state index contributed by atoms with van der Waals surface area (Å²) in [5.41, 5.74) is 0. The fraction of sp³-hybridized carbons (Fsp3) is 0.444. The molecular formula is C9H10FNO2. The highest BCUT2D eigenvalue weighted by atomic mass is 19.1. The number of hydrogen-bond donors (Lipinski definition) is 1. The Morgan fingerprint density at radius 2 is 2.23 bits per heavy atom. The third-order valence-corrected chi connectivity index (χ3v) is 2.05. The molecule has 1 aliphatic rings. The lowest BCUT2D eigenvalue weighted by molar-refractivity contribution is -0.0110. The van der Waals surface area contributed by atoms with Crippen LogP contribution in [0.3, 0.4) is 0 Å². The van der Waals surface area contributed by atoms with Crippen LogP contribution in [0.2, 0.25) is 0 Å². The van der Waals surface area contributed by atoms with E-state index in [-0.39, 0.29) is 12.2 Å². The van der Waals surface area contributed by atoms with Crippen LogP contribution in [0.4, 0.5) is 4.39 Å². The van der Waals surface area contributed by atoms with Gasteiger partial charge >= 0.3 is 0 Å². The molecule has 2 rings (SSSR count). The molecule has 0 aliphatic heterocycles. The van der Waals surface area contributed by atoms with Gasteiger partial charge in [0.05, 0.1) is 18.5 Å². The lowest BCUT2D eigenvalue weighted by Gasteiger charge is -2.31. The maximum absolute atomic E-state index is 12.6. The fourth-order valence-electron chi connectivity index (χ4n) is 1.28. The van der Waals surface area contributed by atoms with E-state index in [0.29, 0.717) is 18.6 Å². The van der Waals surface area contributed by atoms with Gasteiger partial charge in [0.2, 0.25) is 0 Å². The second-order valence-electron chi connectivity index (χ2n) is 3.20. The topological polar surface area (TPSA) is 42.4 Å². The van der Waals surface area contributed by atoms with Gasteiger partial charge in [0, 0.05) is 18.9 Å². The Morgan fingerprint density at radius 3 is 2.85 bits per heavy atom. The van der Waals surface area contributed by atoms with E-state index < -0.39 is 5.82 Å². The normalized spacial score (nSPS) is 26.6. The molecule has 0 atom stereocenters. The molecule has 0 unspecified atom stereocenters. The molecule has 0 spiro atoms. The molecular weight excluding hydrogens is 173 g/mol. The minimum absolute atomic E-state index is 0.0126. The molecule has 4 heteroatoms. The summed E-state index contributed by atoms with van der Waals surface area (Å²) >= 11 is 0. The van der Waals surface area contributed by atoms with E-state index in [0.717, 1.165) is 6.20 Å². The van der Waals surface area contributed by atoms with Gasteiger partial charge in [-0.15, -0.1) is 0 Å². The van der Waals surface area contributed by atoms with Crippen LogP contribution < -0.4 is 4.74 Å². The predicted octanol–water partition coefficient (Wildman–Crippen LogP) is 1.12. The van der Waals surface area contributed by atoms with Gasteiger partial charge in [0.1, 0.15) is 17.7 Å². The largest absolute Gasteiger partial charge is 0.489 e. The van der Waals surface area contributed by atoms with Crippen LogP contribution in [0.15, 0.2) is 18.5 Å². The molecule has 1 heterocycles. The smallest absolute Gasteiger partial charge is 0.145 e. The zero-order valence-corrected chi connectivity index (χ0v) is 6.98. The van der Waals surface area contributed by atoms with Gasteiger partial charge in [-0.3, -0.25) is 4.98 Å². The number of nitrogens with zero attached hydrogens (tertiary/aromatic N) is 1. The summed E-state index contributed by atoms with van der Waals surface area (Å²) < 4.78 is 18.0. The standard InChI is InChI=1S/C9H10FNO2/c10-6-1-9(5-11-4-6)13-8-2-7(12)3-8/h1,4-5,7-8,12H,2-3H2. The number of ether oxygens (including phenoxy) is 1. The molecule has 0 amide bonds. The second-order valence-corrected chi connectivity index (χ2v) is 3.20. The molecule has 1 N–H and O–H groups in total. The van der Waals surface area contributed by atoms with Crippen LogP contribution >= 0.6 is 0 Å². The summed E-state index contributed by atoms with van der Waals surface area (Å²) in [7, 11) is 0. The van der Waals surface area contributed by atoms with Gasteiger partial charge < -0.3 is 9.84 Å². The monoisotopic (exact) mass is 183 g/mol. The summed E-state index contributed by atoms with van der Waals surface area (Å²) in [6.45, 7) is 0. The Hall–Kier alpha value is -1.16. The average Bonchev–Trinajstić information content (AvgIpc) is 2.01. The van der Waals surface area contributed by atoms with Crippen molar-refractivity contribution >= 4 is 0 Å². The average molecular weight is 183 g/mol. The summed E-state index contributed by atoms with van der Waals surface area (Å²) in [5.74, 6) is 0.0225. The Morgan fingerprint density at radius 1 is 1.46 bits per heavy atom. The number of halogens is 1. The number of rotatable bonds is 2. The Kier molecular flexibility index (Phi) is 2.14. The molecule has 0 bridgehead atoms. The van der Waals surface area contributed by atoms with Crippen molar-refractivity contribution in [1.82, 2.24) is 4.98 Å². The van der Waals surface area contributed by atoms with Gasteiger partial charge in [-0.25, -0.2) is 4.39 Å². The van der Waals surface area contributed by atoms with Crippen molar-refractivity contribution in [2.45, 2.75) is 25.0 Å². The number of aliphatic hydroxyl groups excluding tert-OH is 1. The highest BCUT2D eigenvalue weighted by Crippen LogP contribution is 2.25. The fourth-order valence-corrected chi connectivity index (χ4v) is 1.28. The van der Waals surface area contributed by atoms with Gasteiger partial charge in [-0.2, -0.15) is 0 Å². The maximum Gasteiger partial charge on any atom is 0.145 e. The van der Waals surface area contributed by atoms with E-state index in [4.69, 9.17) is 9.84 Å². The molecule has 1 saturated carbocycles. The number of aliphatic hydroxyl groups is 1. The molecule has 1 aliphatic carbocycles. The van der Waals surface area contributed by atoms with Crippen LogP contribution in [-0.4, -0.2) is 22.3 Å². The van der Waals surface area contributed by atoms with Crippen molar-refractivity contribution in [2.75, 3.05) is 0 Å². The number of aromatic nitrogens is 1. The van der Waals surface area contributed by atoms with Gasteiger partial charge in [0.15, 0.2) is 0 Å². The second kappa shape index (κ2) is 3.30. The Balaban J connectivity index is 1.94. The van der Waals surface area contributed by atoms with Crippen molar-refractivity contribution < 1.29 is 14.2 Å². The lowest BCUT2D eigenvalue weighted by Crippen LogP contribution is -2.37. The van der Waals surface area contributed by atoms with E-state index in [1.54, 1.807) is 0 Å². The van der Waals surface area contributed by atoms with Crippen molar-refractivity contribution in [3.63, 3.8) is 0 Å². The highest BCUT2D eigenvalue weighted by Gasteiger charge is 2.28. The van der Waals surface area contributed by atoms with Crippen LogP contribution in [-0.2, 0) is 0 Å².